The van der Waals surface area contributed by atoms with Gasteiger partial charge in [0.1, 0.15) is 0 Å². The number of carbonyl (C=O) groups excluding carboxylic acids is 1. The van der Waals surface area contributed by atoms with E-state index in [-0.39, 0.29) is 17.4 Å². The van der Waals surface area contributed by atoms with Crippen LogP contribution in [0.25, 0.3) is 0 Å². The van der Waals surface area contributed by atoms with Gasteiger partial charge < -0.3 is 15.4 Å². The van der Waals surface area contributed by atoms with E-state index in [9.17, 15) is 4.79 Å². The van der Waals surface area contributed by atoms with Gasteiger partial charge in [0, 0.05) is 12.1 Å². The van der Waals surface area contributed by atoms with Crippen molar-refractivity contribution in [2.45, 2.75) is 44.6 Å². The summed E-state index contributed by atoms with van der Waals surface area (Å²) in [5.74, 6) is -0.330. The minimum Gasteiger partial charge on any atom is -0.466 e. The van der Waals surface area contributed by atoms with Crippen LogP contribution in [-0.2, 0) is 9.53 Å². The Labute approximate surface area is 104 Å². The lowest BCUT2D eigenvalue weighted by atomic mass is 9.71. The van der Waals surface area contributed by atoms with Crippen molar-refractivity contribution in [2.75, 3.05) is 27.2 Å². The number of hydrogen-bond acceptors (Lipinski definition) is 4. The van der Waals surface area contributed by atoms with Gasteiger partial charge in [-0.1, -0.05) is 19.3 Å². The Bertz CT molecular complexity index is 248. The predicted octanol–water partition coefficient (Wildman–Crippen LogP) is 1.39. The summed E-state index contributed by atoms with van der Waals surface area (Å²) in [7, 11) is 4.10. The molecule has 0 heterocycles. The first-order valence-electron chi connectivity index (χ1n) is 6.62. The quantitative estimate of drug-likeness (QED) is 0.740. The standard InChI is InChI=1S/C13H26N2O2/c1-4-17-12(16)11(10-14)13(15(2)3)8-6-5-7-9-13/h11H,4-10,14H2,1-3H3. The fourth-order valence-corrected chi connectivity index (χ4v) is 3.05. The van der Waals surface area contributed by atoms with E-state index in [0.717, 1.165) is 12.8 Å². The molecule has 0 aromatic carbocycles. The van der Waals surface area contributed by atoms with Gasteiger partial charge in [-0.15, -0.1) is 0 Å². The number of nitrogens with zero attached hydrogens (tertiary/aromatic N) is 1. The topological polar surface area (TPSA) is 55.6 Å². The molecule has 0 radical (unpaired) electrons. The third kappa shape index (κ3) is 2.99. The molecule has 1 fully saturated rings. The summed E-state index contributed by atoms with van der Waals surface area (Å²) in [6.07, 6.45) is 5.69. The van der Waals surface area contributed by atoms with Gasteiger partial charge in [-0.25, -0.2) is 0 Å². The number of esters is 1. The van der Waals surface area contributed by atoms with Crippen LogP contribution in [0.2, 0.25) is 0 Å². The fraction of sp³-hybridized carbons (Fsp3) is 0.923. The number of ether oxygens (including phenoxy) is 1. The van der Waals surface area contributed by atoms with Gasteiger partial charge in [-0.2, -0.15) is 0 Å². The average molecular weight is 242 g/mol. The van der Waals surface area contributed by atoms with Crippen LogP contribution >= 0.6 is 0 Å². The van der Waals surface area contributed by atoms with E-state index in [0.29, 0.717) is 13.2 Å². The lowest BCUT2D eigenvalue weighted by molar-refractivity contribution is -0.154. The van der Waals surface area contributed by atoms with Gasteiger partial charge in [-0.05, 0) is 33.9 Å². The molecule has 100 valence electrons. The molecule has 1 rings (SSSR count). The maximum Gasteiger partial charge on any atom is 0.312 e. The van der Waals surface area contributed by atoms with Crippen LogP contribution in [-0.4, -0.2) is 43.7 Å². The van der Waals surface area contributed by atoms with Gasteiger partial charge in [-0.3, -0.25) is 4.79 Å². The SMILES string of the molecule is CCOC(=O)C(CN)C1(N(C)C)CCCCC1. The number of carbonyl (C=O) groups is 1. The second kappa shape index (κ2) is 6.36. The summed E-state index contributed by atoms with van der Waals surface area (Å²) in [5, 5.41) is 0. The van der Waals surface area contributed by atoms with E-state index < -0.39 is 0 Å². The summed E-state index contributed by atoms with van der Waals surface area (Å²) in [6, 6.07) is 0. The van der Waals surface area contributed by atoms with Crippen molar-refractivity contribution < 1.29 is 9.53 Å². The van der Waals surface area contributed by atoms with E-state index in [1.807, 2.05) is 21.0 Å². The van der Waals surface area contributed by atoms with Crippen molar-refractivity contribution in [3.63, 3.8) is 0 Å². The molecule has 4 nitrogen and oxygen atoms in total. The van der Waals surface area contributed by atoms with Crippen LogP contribution in [0.5, 0.6) is 0 Å². The largest absolute Gasteiger partial charge is 0.466 e. The van der Waals surface area contributed by atoms with E-state index in [2.05, 4.69) is 4.90 Å². The normalized spacial score (nSPS) is 21.2. The molecule has 0 aliphatic heterocycles. The summed E-state index contributed by atoms with van der Waals surface area (Å²) >= 11 is 0. The molecule has 0 aromatic heterocycles. The Morgan fingerprint density at radius 1 is 1.35 bits per heavy atom. The second-order valence-electron chi connectivity index (χ2n) is 5.10. The van der Waals surface area contributed by atoms with Crippen molar-refractivity contribution in [2.24, 2.45) is 11.7 Å². The van der Waals surface area contributed by atoms with Gasteiger partial charge in [0.15, 0.2) is 0 Å². The Morgan fingerprint density at radius 3 is 2.35 bits per heavy atom. The number of hydrogen-bond donors (Lipinski definition) is 1. The van der Waals surface area contributed by atoms with Crippen molar-refractivity contribution in [3.8, 4) is 0 Å². The van der Waals surface area contributed by atoms with Crippen molar-refractivity contribution in [1.82, 2.24) is 4.90 Å². The van der Waals surface area contributed by atoms with Crippen molar-refractivity contribution >= 4 is 5.97 Å². The summed E-state index contributed by atoms with van der Waals surface area (Å²) in [5.41, 5.74) is 5.73. The maximum absolute atomic E-state index is 12.1. The molecular weight excluding hydrogens is 216 g/mol. The first-order chi connectivity index (χ1) is 8.08. The highest BCUT2D eigenvalue weighted by atomic mass is 16.5. The van der Waals surface area contributed by atoms with Crippen molar-refractivity contribution in [1.29, 1.82) is 0 Å². The van der Waals surface area contributed by atoms with Gasteiger partial charge in [0.05, 0.1) is 12.5 Å². The highest BCUT2D eigenvalue weighted by Crippen LogP contribution is 2.38. The van der Waals surface area contributed by atoms with E-state index >= 15 is 0 Å². The van der Waals surface area contributed by atoms with Crippen LogP contribution in [0.4, 0.5) is 0 Å². The third-order valence-corrected chi connectivity index (χ3v) is 4.07. The molecule has 1 aliphatic carbocycles. The lowest BCUT2D eigenvalue weighted by Crippen LogP contribution is -2.57. The zero-order valence-corrected chi connectivity index (χ0v) is 11.4. The zero-order chi connectivity index (χ0) is 12.9. The first kappa shape index (κ1) is 14.5. The van der Waals surface area contributed by atoms with Gasteiger partial charge in [0.25, 0.3) is 0 Å². The van der Waals surface area contributed by atoms with E-state index in [1.54, 1.807) is 0 Å². The Hall–Kier alpha value is -0.610. The van der Waals surface area contributed by atoms with Crippen LogP contribution < -0.4 is 5.73 Å². The minimum atomic E-state index is -0.197. The monoisotopic (exact) mass is 242 g/mol. The predicted molar refractivity (Wildman–Crippen MR) is 68.7 cm³/mol. The summed E-state index contributed by atoms with van der Waals surface area (Å²) in [4.78, 5) is 14.2. The smallest absolute Gasteiger partial charge is 0.312 e. The number of nitrogens with two attached hydrogens (primary N) is 1. The molecule has 4 heteroatoms. The lowest BCUT2D eigenvalue weighted by Gasteiger charge is -2.47. The van der Waals surface area contributed by atoms with E-state index in [1.165, 1.54) is 19.3 Å². The average Bonchev–Trinajstić information content (AvgIpc) is 2.31. The van der Waals surface area contributed by atoms with Crippen LogP contribution in [0.15, 0.2) is 0 Å². The Kier molecular flexibility index (Phi) is 5.40. The van der Waals surface area contributed by atoms with Crippen molar-refractivity contribution in [3.05, 3.63) is 0 Å². The third-order valence-electron chi connectivity index (χ3n) is 4.07. The highest BCUT2D eigenvalue weighted by Gasteiger charge is 2.45. The molecule has 0 spiro atoms. The first-order valence-corrected chi connectivity index (χ1v) is 6.62. The summed E-state index contributed by atoms with van der Waals surface area (Å²) in [6.45, 7) is 2.64. The Morgan fingerprint density at radius 2 is 1.94 bits per heavy atom. The Balaban J connectivity index is 2.89. The van der Waals surface area contributed by atoms with Crippen LogP contribution in [0, 0.1) is 5.92 Å². The molecule has 17 heavy (non-hydrogen) atoms. The molecule has 0 aromatic rings. The van der Waals surface area contributed by atoms with E-state index in [4.69, 9.17) is 10.5 Å². The highest BCUT2D eigenvalue weighted by molar-refractivity contribution is 5.74. The molecule has 1 aliphatic rings. The molecule has 0 bridgehead atoms. The molecule has 1 atom stereocenters. The molecular formula is C13H26N2O2. The van der Waals surface area contributed by atoms with Gasteiger partial charge >= 0.3 is 5.97 Å². The molecule has 1 saturated carbocycles. The minimum absolute atomic E-state index is 0.0980. The molecule has 2 N–H and O–H groups in total. The second-order valence-corrected chi connectivity index (χ2v) is 5.10. The molecule has 1 unspecified atom stereocenters. The molecule has 0 saturated heterocycles. The van der Waals surface area contributed by atoms with Crippen LogP contribution in [0.3, 0.4) is 0 Å². The molecule has 0 amide bonds. The van der Waals surface area contributed by atoms with Crippen LogP contribution in [0.1, 0.15) is 39.0 Å². The maximum atomic E-state index is 12.1. The van der Waals surface area contributed by atoms with Gasteiger partial charge in [0.2, 0.25) is 0 Å². The number of rotatable bonds is 5. The fourth-order valence-electron chi connectivity index (χ4n) is 3.05. The zero-order valence-electron chi connectivity index (χ0n) is 11.4. The summed E-state index contributed by atoms with van der Waals surface area (Å²) < 4.78 is 5.18.